The van der Waals surface area contributed by atoms with Crippen LogP contribution in [0.3, 0.4) is 0 Å². The molecule has 11 heteroatoms. The Labute approximate surface area is 177 Å². The molecular formula is C20H20F3N5O2S. The number of fused-ring (bicyclic) bond motifs is 1. The third kappa shape index (κ3) is 4.42. The predicted octanol–water partition coefficient (Wildman–Crippen LogP) is 3.95. The highest BCUT2D eigenvalue weighted by Gasteiger charge is 2.30. The van der Waals surface area contributed by atoms with Gasteiger partial charge in [0.15, 0.2) is 0 Å². The van der Waals surface area contributed by atoms with Gasteiger partial charge in [0.1, 0.15) is 11.6 Å². The second-order valence-corrected chi connectivity index (χ2v) is 9.05. The monoisotopic (exact) mass is 451 g/mol. The standard InChI is InChI=1S/C20H20F3N5O2S/c1-24-31(29,30)14-6-7-16(26-18-8-5-13(11-25-18)20(21,22)23)15(10-14)17-12-28-9-3-2-4-19(28)27-17/h5-8,10-12,24H,2-4,9H2,1H3,(H,25,26). The van der Waals surface area contributed by atoms with Crippen molar-refractivity contribution in [3.8, 4) is 11.3 Å². The van der Waals surface area contributed by atoms with Crippen molar-refractivity contribution in [1.82, 2.24) is 19.3 Å². The van der Waals surface area contributed by atoms with Crippen molar-refractivity contribution < 1.29 is 21.6 Å². The Morgan fingerprint density at radius 3 is 2.58 bits per heavy atom. The zero-order valence-corrected chi connectivity index (χ0v) is 17.4. The molecule has 0 atom stereocenters. The first kappa shape index (κ1) is 21.3. The van der Waals surface area contributed by atoms with Crippen molar-refractivity contribution in [1.29, 1.82) is 0 Å². The summed E-state index contributed by atoms with van der Waals surface area (Å²) in [5, 5.41) is 2.98. The van der Waals surface area contributed by atoms with Crippen LogP contribution in [-0.4, -0.2) is 30.0 Å². The number of anilines is 2. The van der Waals surface area contributed by atoms with E-state index in [0.717, 1.165) is 43.9 Å². The van der Waals surface area contributed by atoms with E-state index in [-0.39, 0.29) is 10.7 Å². The van der Waals surface area contributed by atoms with E-state index in [0.29, 0.717) is 16.9 Å². The third-order valence-corrected chi connectivity index (χ3v) is 6.52. The summed E-state index contributed by atoms with van der Waals surface area (Å²) in [7, 11) is -2.37. The average molecular weight is 451 g/mol. The molecule has 0 fully saturated rings. The maximum Gasteiger partial charge on any atom is 0.417 e. The molecule has 0 saturated heterocycles. The minimum absolute atomic E-state index is 0.0573. The Balaban J connectivity index is 1.75. The number of alkyl halides is 3. The van der Waals surface area contributed by atoms with Gasteiger partial charge in [0.25, 0.3) is 0 Å². The summed E-state index contributed by atoms with van der Waals surface area (Å²) < 4.78 is 67.3. The van der Waals surface area contributed by atoms with Crippen LogP contribution in [-0.2, 0) is 29.2 Å². The van der Waals surface area contributed by atoms with Gasteiger partial charge in [-0.15, -0.1) is 0 Å². The second kappa shape index (κ2) is 7.97. The number of imidazole rings is 1. The Morgan fingerprint density at radius 2 is 1.94 bits per heavy atom. The highest BCUT2D eigenvalue weighted by molar-refractivity contribution is 7.89. The molecule has 7 nitrogen and oxygen atoms in total. The van der Waals surface area contributed by atoms with Crippen LogP contribution in [0.2, 0.25) is 0 Å². The molecule has 0 bridgehead atoms. The van der Waals surface area contributed by atoms with E-state index in [1.54, 1.807) is 6.07 Å². The third-order valence-electron chi connectivity index (χ3n) is 5.11. The zero-order chi connectivity index (χ0) is 22.2. The van der Waals surface area contributed by atoms with Crippen molar-refractivity contribution in [2.45, 2.75) is 36.9 Å². The first-order valence-electron chi connectivity index (χ1n) is 9.62. The van der Waals surface area contributed by atoms with Gasteiger partial charge in [-0.05, 0) is 50.2 Å². The number of nitrogens with one attached hydrogen (secondary N) is 2. The number of sulfonamides is 1. The van der Waals surface area contributed by atoms with Crippen LogP contribution in [0, 0.1) is 0 Å². The van der Waals surface area contributed by atoms with Gasteiger partial charge >= 0.3 is 6.18 Å². The lowest BCUT2D eigenvalue weighted by molar-refractivity contribution is -0.137. The summed E-state index contributed by atoms with van der Waals surface area (Å²) in [6.07, 6.45) is 1.04. The van der Waals surface area contributed by atoms with E-state index < -0.39 is 21.8 Å². The number of rotatable bonds is 5. The van der Waals surface area contributed by atoms with Crippen LogP contribution < -0.4 is 10.0 Å². The number of hydrogen-bond donors (Lipinski definition) is 2. The Kier molecular flexibility index (Phi) is 5.48. The molecular weight excluding hydrogens is 431 g/mol. The minimum atomic E-state index is -4.48. The smallest absolute Gasteiger partial charge is 0.340 e. The first-order chi connectivity index (χ1) is 14.7. The average Bonchev–Trinajstić information content (AvgIpc) is 3.18. The maximum absolute atomic E-state index is 12.8. The van der Waals surface area contributed by atoms with Crippen molar-refractivity contribution in [3.05, 3.63) is 54.1 Å². The molecule has 0 spiro atoms. The SMILES string of the molecule is CNS(=O)(=O)c1ccc(Nc2ccc(C(F)(F)F)cn2)c(-c2cn3c(n2)CCCC3)c1. The lowest BCUT2D eigenvalue weighted by Gasteiger charge is -2.13. The molecule has 164 valence electrons. The van der Waals surface area contributed by atoms with E-state index in [1.807, 2.05) is 10.8 Å². The van der Waals surface area contributed by atoms with Crippen molar-refractivity contribution in [2.75, 3.05) is 12.4 Å². The highest BCUT2D eigenvalue weighted by atomic mass is 32.2. The van der Waals surface area contributed by atoms with Crippen molar-refractivity contribution in [3.63, 3.8) is 0 Å². The van der Waals surface area contributed by atoms with Crippen LogP contribution in [0.15, 0.2) is 47.6 Å². The number of benzene rings is 1. The second-order valence-electron chi connectivity index (χ2n) is 7.16. The number of hydrogen-bond acceptors (Lipinski definition) is 5. The van der Waals surface area contributed by atoms with Crippen LogP contribution >= 0.6 is 0 Å². The fourth-order valence-corrected chi connectivity index (χ4v) is 4.20. The van der Waals surface area contributed by atoms with E-state index in [4.69, 9.17) is 0 Å². The van der Waals surface area contributed by atoms with Crippen molar-refractivity contribution in [2.24, 2.45) is 0 Å². The fraction of sp³-hybridized carbons (Fsp3) is 0.300. The Morgan fingerprint density at radius 1 is 1.13 bits per heavy atom. The summed E-state index contributed by atoms with van der Waals surface area (Å²) in [4.78, 5) is 8.55. The van der Waals surface area contributed by atoms with E-state index in [9.17, 15) is 21.6 Å². The maximum atomic E-state index is 12.8. The van der Waals surface area contributed by atoms with Crippen LogP contribution in [0.25, 0.3) is 11.3 Å². The molecule has 1 aliphatic heterocycles. The molecule has 0 aliphatic carbocycles. The Hall–Kier alpha value is -2.92. The van der Waals surface area contributed by atoms with Crippen LogP contribution in [0.5, 0.6) is 0 Å². The van der Waals surface area contributed by atoms with Crippen LogP contribution in [0.4, 0.5) is 24.7 Å². The largest absolute Gasteiger partial charge is 0.417 e. The molecule has 1 aromatic carbocycles. The number of aromatic nitrogens is 3. The van der Waals surface area contributed by atoms with Gasteiger partial charge in [-0.3, -0.25) is 0 Å². The van der Waals surface area contributed by atoms with E-state index in [1.165, 1.54) is 25.2 Å². The highest BCUT2D eigenvalue weighted by Crippen LogP contribution is 2.34. The lowest BCUT2D eigenvalue weighted by Crippen LogP contribution is -2.18. The molecule has 0 amide bonds. The molecule has 0 saturated carbocycles. The van der Waals surface area contributed by atoms with E-state index in [2.05, 4.69) is 20.0 Å². The molecule has 3 heterocycles. The molecule has 3 aromatic rings. The molecule has 0 radical (unpaired) electrons. The molecule has 2 N–H and O–H groups in total. The fourth-order valence-electron chi connectivity index (χ4n) is 3.45. The molecule has 0 unspecified atom stereocenters. The number of halogens is 3. The number of aryl methyl sites for hydroxylation is 2. The molecule has 2 aromatic heterocycles. The van der Waals surface area contributed by atoms with Crippen LogP contribution in [0.1, 0.15) is 24.2 Å². The number of nitrogens with zero attached hydrogens (tertiary/aromatic N) is 3. The summed E-state index contributed by atoms with van der Waals surface area (Å²) in [6.45, 7) is 0.833. The van der Waals surface area contributed by atoms with Gasteiger partial charge in [-0.2, -0.15) is 13.2 Å². The summed E-state index contributed by atoms with van der Waals surface area (Å²) in [6, 6.07) is 6.62. The quantitative estimate of drug-likeness (QED) is 0.613. The van der Waals surface area contributed by atoms with Crippen molar-refractivity contribution >= 4 is 21.5 Å². The van der Waals surface area contributed by atoms with Gasteiger partial charge in [0, 0.05) is 36.6 Å². The van der Waals surface area contributed by atoms with Gasteiger partial charge in [-0.25, -0.2) is 23.1 Å². The molecule has 31 heavy (non-hydrogen) atoms. The predicted molar refractivity (Wildman–Crippen MR) is 109 cm³/mol. The van der Waals surface area contributed by atoms with E-state index >= 15 is 0 Å². The summed E-state index contributed by atoms with van der Waals surface area (Å²) in [5.41, 5.74) is 0.729. The zero-order valence-electron chi connectivity index (χ0n) is 16.6. The Bertz CT molecular complexity index is 1180. The first-order valence-corrected chi connectivity index (χ1v) is 11.1. The minimum Gasteiger partial charge on any atom is -0.340 e. The van der Waals surface area contributed by atoms with Gasteiger partial charge in [0.2, 0.25) is 10.0 Å². The normalized spacial score (nSPS) is 14.3. The summed E-state index contributed by atoms with van der Waals surface area (Å²) >= 11 is 0. The molecule has 4 rings (SSSR count). The molecule has 1 aliphatic rings. The van der Waals surface area contributed by atoms with Gasteiger partial charge in [0.05, 0.1) is 16.2 Å². The van der Waals surface area contributed by atoms with Gasteiger partial charge in [-0.1, -0.05) is 0 Å². The summed E-state index contributed by atoms with van der Waals surface area (Å²) in [5.74, 6) is 1.11. The lowest BCUT2D eigenvalue weighted by atomic mass is 10.1. The topological polar surface area (TPSA) is 88.9 Å². The number of pyridine rings is 1. The van der Waals surface area contributed by atoms with Gasteiger partial charge < -0.3 is 9.88 Å².